The van der Waals surface area contributed by atoms with Crippen LogP contribution in [0.5, 0.6) is 0 Å². The number of nitrogens with zero attached hydrogens (tertiary/aromatic N) is 1. The Morgan fingerprint density at radius 3 is 2.54 bits per heavy atom. The number of carbonyl (C=O) groups is 1. The van der Waals surface area contributed by atoms with E-state index in [1.54, 1.807) is 11.9 Å². The number of benzene rings is 2. The van der Waals surface area contributed by atoms with Crippen LogP contribution in [0.3, 0.4) is 0 Å². The van der Waals surface area contributed by atoms with Gasteiger partial charge in [0.15, 0.2) is 0 Å². The van der Waals surface area contributed by atoms with E-state index in [-0.39, 0.29) is 21.3 Å². The van der Waals surface area contributed by atoms with Crippen LogP contribution in [0, 0.1) is 12.7 Å². The molecule has 28 heavy (non-hydrogen) atoms. The Morgan fingerprint density at radius 1 is 1.14 bits per heavy atom. The molecule has 1 aliphatic heterocycles. The number of hydrogen-bond acceptors (Lipinski definition) is 4. The zero-order valence-corrected chi connectivity index (χ0v) is 16.9. The highest BCUT2D eigenvalue weighted by atomic mass is 35.5. The fourth-order valence-electron chi connectivity index (χ4n) is 3.02. The van der Waals surface area contributed by atoms with E-state index in [0.717, 1.165) is 19.3 Å². The molecule has 0 aliphatic carbocycles. The van der Waals surface area contributed by atoms with Gasteiger partial charge in [0.05, 0.1) is 10.6 Å². The Morgan fingerprint density at radius 2 is 1.86 bits per heavy atom. The fraction of sp³-hybridized carbons (Fsp3) is 0.316. The van der Waals surface area contributed by atoms with Crippen molar-refractivity contribution in [2.24, 2.45) is 0 Å². The molecule has 6 nitrogen and oxygen atoms in total. The third-order valence-corrected chi connectivity index (χ3v) is 6.46. The lowest BCUT2D eigenvalue weighted by atomic mass is 10.2. The second kappa shape index (κ2) is 8.57. The first-order chi connectivity index (χ1) is 13.3. The summed E-state index contributed by atoms with van der Waals surface area (Å²) in [5, 5.41) is 4.09. The Kier molecular flexibility index (Phi) is 6.34. The first kappa shape index (κ1) is 20.7. The number of aryl methyl sites for hydroxylation is 1. The van der Waals surface area contributed by atoms with Crippen molar-refractivity contribution in [2.75, 3.05) is 18.4 Å². The van der Waals surface area contributed by atoms with E-state index in [1.807, 2.05) is 0 Å². The molecule has 2 N–H and O–H groups in total. The quantitative estimate of drug-likeness (QED) is 0.765. The van der Waals surface area contributed by atoms with Crippen LogP contribution in [0.15, 0.2) is 41.3 Å². The van der Waals surface area contributed by atoms with Gasteiger partial charge in [0.2, 0.25) is 0 Å². The molecular weight excluding hydrogens is 405 g/mol. The number of hydrogen-bond donors (Lipinski definition) is 2. The summed E-state index contributed by atoms with van der Waals surface area (Å²) in [6.07, 6.45) is 2.89. The summed E-state index contributed by atoms with van der Waals surface area (Å²) < 4.78 is 38.8. The number of anilines is 1. The number of carbonyl (C=O) groups excluding carboxylic acids is 1. The normalized spacial score (nSPS) is 15.4. The number of hydrazine groups is 1. The molecule has 1 fully saturated rings. The SMILES string of the molecule is Cc1cc(NC(=O)c2cccc(S(=O)(=O)NN3CCCCC3)c2Cl)ccc1F. The maximum atomic E-state index is 13.4. The minimum Gasteiger partial charge on any atom is -0.322 e. The lowest BCUT2D eigenvalue weighted by Gasteiger charge is -2.26. The van der Waals surface area contributed by atoms with Gasteiger partial charge in [0.25, 0.3) is 15.9 Å². The lowest BCUT2D eigenvalue weighted by Crippen LogP contribution is -2.45. The van der Waals surface area contributed by atoms with E-state index in [0.29, 0.717) is 24.3 Å². The first-order valence-corrected chi connectivity index (χ1v) is 10.8. The summed E-state index contributed by atoms with van der Waals surface area (Å²) in [6, 6.07) is 8.41. The van der Waals surface area contributed by atoms with Crippen molar-refractivity contribution < 1.29 is 17.6 Å². The molecule has 1 amide bonds. The van der Waals surface area contributed by atoms with Crippen LogP contribution in [0.1, 0.15) is 35.2 Å². The number of sulfonamides is 1. The van der Waals surface area contributed by atoms with Gasteiger partial charge >= 0.3 is 0 Å². The zero-order chi connectivity index (χ0) is 20.3. The second-order valence-corrected chi connectivity index (χ2v) is 8.69. The summed E-state index contributed by atoms with van der Waals surface area (Å²) in [7, 11) is -3.92. The zero-order valence-electron chi connectivity index (χ0n) is 15.3. The number of piperidine rings is 1. The van der Waals surface area contributed by atoms with Crippen molar-refractivity contribution in [3.63, 3.8) is 0 Å². The first-order valence-electron chi connectivity index (χ1n) is 8.91. The maximum Gasteiger partial charge on any atom is 0.257 e. The number of amides is 1. The molecule has 0 bridgehead atoms. The molecule has 2 aromatic carbocycles. The molecule has 150 valence electrons. The van der Waals surface area contributed by atoms with Gasteiger partial charge in [-0.3, -0.25) is 4.79 Å². The molecule has 0 spiro atoms. The molecule has 0 saturated carbocycles. The Balaban J connectivity index is 1.83. The van der Waals surface area contributed by atoms with E-state index in [2.05, 4.69) is 10.1 Å². The molecule has 0 radical (unpaired) electrons. The van der Waals surface area contributed by atoms with Crippen LogP contribution >= 0.6 is 11.6 Å². The second-order valence-electron chi connectivity index (χ2n) is 6.68. The van der Waals surface area contributed by atoms with Gasteiger partial charge in [-0.25, -0.2) is 17.8 Å². The number of halogens is 2. The third-order valence-electron chi connectivity index (χ3n) is 4.52. The van der Waals surface area contributed by atoms with Gasteiger partial charge in [0, 0.05) is 18.8 Å². The van der Waals surface area contributed by atoms with Crippen molar-refractivity contribution in [2.45, 2.75) is 31.1 Å². The van der Waals surface area contributed by atoms with Gasteiger partial charge in [-0.05, 0) is 55.7 Å². The molecule has 0 unspecified atom stereocenters. The summed E-state index contributed by atoms with van der Waals surface area (Å²) >= 11 is 6.27. The predicted octanol–water partition coefficient (Wildman–Crippen LogP) is 3.72. The van der Waals surface area contributed by atoms with Gasteiger partial charge < -0.3 is 5.32 Å². The maximum absolute atomic E-state index is 13.4. The van der Waals surface area contributed by atoms with Crippen molar-refractivity contribution >= 4 is 33.2 Å². The summed E-state index contributed by atoms with van der Waals surface area (Å²) in [4.78, 5) is 15.0. The molecular formula is C19H21ClFN3O3S. The average Bonchev–Trinajstić information content (AvgIpc) is 2.65. The van der Waals surface area contributed by atoms with Crippen LogP contribution in [0.4, 0.5) is 10.1 Å². The Labute approximate surface area is 168 Å². The molecule has 0 aromatic heterocycles. The molecule has 3 rings (SSSR count). The number of rotatable bonds is 5. The largest absolute Gasteiger partial charge is 0.322 e. The summed E-state index contributed by atoms with van der Waals surface area (Å²) in [5.41, 5.74) is 0.788. The van der Waals surface area contributed by atoms with Crippen molar-refractivity contribution in [3.8, 4) is 0 Å². The van der Waals surface area contributed by atoms with Crippen molar-refractivity contribution in [1.82, 2.24) is 9.84 Å². The van der Waals surface area contributed by atoms with Crippen molar-refractivity contribution in [3.05, 3.63) is 58.4 Å². The lowest BCUT2D eigenvalue weighted by molar-refractivity contribution is 0.102. The minimum absolute atomic E-state index is 0.0187. The minimum atomic E-state index is -3.92. The fourth-order valence-corrected chi connectivity index (χ4v) is 4.76. The number of nitrogens with one attached hydrogen (secondary N) is 2. The molecule has 9 heteroatoms. The van der Waals surface area contributed by atoms with Crippen LogP contribution in [-0.4, -0.2) is 32.4 Å². The van der Waals surface area contributed by atoms with Crippen LogP contribution in [-0.2, 0) is 10.0 Å². The Bertz CT molecular complexity index is 992. The highest BCUT2D eigenvalue weighted by molar-refractivity contribution is 7.89. The molecule has 2 aromatic rings. The van der Waals surface area contributed by atoms with E-state index in [4.69, 9.17) is 11.6 Å². The topological polar surface area (TPSA) is 78.5 Å². The van der Waals surface area contributed by atoms with E-state index >= 15 is 0 Å². The summed E-state index contributed by atoms with van der Waals surface area (Å²) in [6.45, 7) is 2.83. The monoisotopic (exact) mass is 425 g/mol. The molecule has 0 atom stereocenters. The smallest absolute Gasteiger partial charge is 0.257 e. The van der Waals surface area contributed by atoms with Crippen LogP contribution in [0.2, 0.25) is 5.02 Å². The highest BCUT2D eigenvalue weighted by Gasteiger charge is 2.25. The Hall–Kier alpha value is -2.00. The molecule has 1 saturated heterocycles. The van der Waals surface area contributed by atoms with E-state index < -0.39 is 15.9 Å². The standard InChI is InChI=1S/C19H21ClFN3O3S/c1-13-12-14(8-9-16(13)21)22-19(25)15-6-5-7-17(18(15)20)28(26,27)23-24-10-3-2-4-11-24/h5-9,12,23H,2-4,10-11H2,1H3,(H,22,25). The van der Waals surface area contributed by atoms with Gasteiger partial charge in [0.1, 0.15) is 10.7 Å². The van der Waals surface area contributed by atoms with Gasteiger partial charge in [-0.15, -0.1) is 4.83 Å². The highest BCUT2D eigenvalue weighted by Crippen LogP contribution is 2.27. The van der Waals surface area contributed by atoms with E-state index in [1.165, 1.54) is 36.4 Å². The van der Waals surface area contributed by atoms with E-state index in [9.17, 15) is 17.6 Å². The third kappa shape index (κ3) is 4.70. The molecule has 1 aliphatic rings. The van der Waals surface area contributed by atoms with Crippen LogP contribution < -0.4 is 10.1 Å². The predicted molar refractivity (Wildman–Crippen MR) is 106 cm³/mol. The van der Waals surface area contributed by atoms with Crippen molar-refractivity contribution in [1.29, 1.82) is 0 Å². The molecule has 1 heterocycles. The average molecular weight is 426 g/mol. The van der Waals surface area contributed by atoms with Crippen LogP contribution in [0.25, 0.3) is 0 Å². The van der Waals surface area contributed by atoms with Gasteiger partial charge in [-0.1, -0.05) is 24.1 Å². The van der Waals surface area contributed by atoms with Gasteiger partial charge in [-0.2, -0.15) is 0 Å². The summed E-state index contributed by atoms with van der Waals surface area (Å²) in [5.74, 6) is -0.959.